The Kier molecular flexibility index (Phi) is 44.4. The number of hydrogen-bond donors (Lipinski definition) is 2. The Balaban J connectivity index is 4.07. The first-order chi connectivity index (χ1) is 28.8. The van der Waals surface area contributed by atoms with Gasteiger partial charge in [0.05, 0.1) is 13.2 Å². The molecule has 10 heteroatoms. The number of carbonyl (C=O) groups excluding carboxylic acids is 2. The van der Waals surface area contributed by atoms with Crippen LogP contribution in [0.1, 0.15) is 232 Å². The molecule has 0 fully saturated rings. The molecule has 0 spiro atoms. The first-order valence-electron chi connectivity index (χ1n) is 24.4. The van der Waals surface area contributed by atoms with Crippen molar-refractivity contribution in [3.8, 4) is 0 Å². The molecule has 0 aromatic heterocycles. The van der Waals surface area contributed by atoms with Crippen LogP contribution in [0.2, 0.25) is 0 Å². The van der Waals surface area contributed by atoms with E-state index < -0.39 is 32.5 Å². The lowest BCUT2D eigenvalue weighted by Gasteiger charge is -2.19. The summed E-state index contributed by atoms with van der Waals surface area (Å²) in [5.41, 5.74) is 5.35. The summed E-state index contributed by atoms with van der Waals surface area (Å²) in [7, 11) is -4.39. The molecule has 0 aliphatic heterocycles. The van der Waals surface area contributed by atoms with E-state index in [0.29, 0.717) is 12.8 Å². The van der Waals surface area contributed by atoms with E-state index in [2.05, 4.69) is 37.8 Å². The van der Waals surface area contributed by atoms with Gasteiger partial charge in [-0.1, -0.05) is 191 Å². The maximum atomic E-state index is 12.6. The number of rotatable bonds is 47. The van der Waals surface area contributed by atoms with Gasteiger partial charge in [0, 0.05) is 19.4 Å². The van der Waals surface area contributed by atoms with Crippen molar-refractivity contribution in [1.82, 2.24) is 0 Å². The van der Waals surface area contributed by atoms with Crippen molar-refractivity contribution in [3.05, 3.63) is 37.0 Å². The molecule has 0 aliphatic rings. The molecule has 0 aromatic carbocycles. The van der Waals surface area contributed by atoms with Crippen LogP contribution in [0.15, 0.2) is 37.0 Å². The average molecular weight is 854 g/mol. The minimum absolute atomic E-state index is 0.0483. The first kappa shape index (κ1) is 57.2. The normalized spacial score (nSPS) is 13.3. The van der Waals surface area contributed by atoms with E-state index in [0.717, 1.165) is 51.4 Å². The smallest absolute Gasteiger partial charge is 0.462 e. The van der Waals surface area contributed by atoms with E-state index in [-0.39, 0.29) is 32.6 Å². The minimum atomic E-state index is -4.39. The molecule has 346 valence electrons. The van der Waals surface area contributed by atoms with Crippen molar-refractivity contribution < 1.29 is 37.6 Å². The Morgan fingerprint density at radius 3 is 1.42 bits per heavy atom. The Hall–Kier alpha value is -1.77. The van der Waals surface area contributed by atoms with Crippen molar-refractivity contribution in [2.45, 2.75) is 238 Å². The summed E-state index contributed by atoms with van der Waals surface area (Å²) >= 11 is 0. The molecule has 0 rings (SSSR count). The number of nitrogens with two attached hydrogens (primary N) is 1. The van der Waals surface area contributed by atoms with Gasteiger partial charge in [-0.05, 0) is 57.8 Å². The Morgan fingerprint density at radius 2 is 0.949 bits per heavy atom. The summed E-state index contributed by atoms with van der Waals surface area (Å²) in [5.74, 6) is -0.874. The molecule has 9 nitrogen and oxygen atoms in total. The highest BCUT2D eigenvalue weighted by Crippen LogP contribution is 2.43. The second kappa shape index (κ2) is 45.7. The maximum absolute atomic E-state index is 12.6. The topological polar surface area (TPSA) is 134 Å². The van der Waals surface area contributed by atoms with Gasteiger partial charge in [-0.25, -0.2) is 4.57 Å². The summed E-state index contributed by atoms with van der Waals surface area (Å²) in [4.78, 5) is 34.9. The van der Waals surface area contributed by atoms with Gasteiger partial charge in [0.15, 0.2) is 6.10 Å². The quantitative estimate of drug-likeness (QED) is 0.0265. The predicted molar refractivity (Wildman–Crippen MR) is 247 cm³/mol. The molecular formula is C49H92NO8P. The van der Waals surface area contributed by atoms with Crippen LogP contribution in [-0.2, 0) is 32.7 Å². The highest BCUT2D eigenvalue weighted by molar-refractivity contribution is 7.47. The largest absolute Gasteiger partial charge is 0.472 e. The van der Waals surface area contributed by atoms with E-state index in [4.69, 9.17) is 24.3 Å². The average Bonchev–Trinajstić information content (AvgIpc) is 3.22. The Labute approximate surface area is 363 Å². The van der Waals surface area contributed by atoms with Crippen molar-refractivity contribution in [2.75, 3.05) is 26.4 Å². The summed E-state index contributed by atoms with van der Waals surface area (Å²) in [6.45, 7) is 5.24. The van der Waals surface area contributed by atoms with Crippen LogP contribution in [0.3, 0.4) is 0 Å². The highest BCUT2D eigenvalue weighted by atomic mass is 31.2. The van der Waals surface area contributed by atoms with E-state index >= 15 is 0 Å². The number of esters is 2. The second-order valence-corrected chi connectivity index (χ2v) is 17.9. The Morgan fingerprint density at radius 1 is 0.542 bits per heavy atom. The zero-order valence-electron chi connectivity index (χ0n) is 38.1. The Bertz CT molecular complexity index is 1050. The molecule has 0 radical (unpaired) electrons. The van der Waals surface area contributed by atoms with Gasteiger partial charge in [0.25, 0.3) is 0 Å². The van der Waals surface area contributed by atoms with Crippen LogP contribution in [0.4, 0.5) is 0 Å². The molecule has 59 heavy (non-hydrogen) atoms. The minimum Gasteiger partial charge on any atom is -0.462 e. The first-order valence-corrected chi connectivity index (χ1v) is 25.9. The maximum Gasteiger partial charge on any atom is 0.472 e. The number of hydrogen-bond acceptors (Lipinski definition) is 8. The fourth-order valence-electron chi connectivity index (χ4n) is 6.99. The molecule has 3 N–H and O–H groups in total. The number of carbonyl (C=O) groups is 2. The van der Waals surface area contributed by atoms with Gasteiger partial charge in [-0.2, -0.15) is 0 Å². The van der Waals surface area contributed by atoms with Gasteiger partial charge >= 0.3 is 19.8 Å². The van der Waals surface area contributed by atoms with Crippen LogP contribution < -0.4 is 5.73 Å². The zero-order valence-corrected chi connectivity index (χ0v) is 39.0. The van der Waals surface area contributed by atoms with Gasteiger partial charge < -0.3 is 20.1 Å². The van der Waals surface area contributed by atoms with Crippen LogP contribution in [0, 0.1) is 0 Å². The van der Waals surface area contributed by atoms with E-state index in [1.807, 2.05) is 6.08 Å². The van der Waals surface area contributed by atoms with Gasteiger partial charge in [0.1, 0.15) is 6.61 Å². The molecule has 2 atom stereocenters. The third-order valence-electron chi connectivity index (χ3n) is 10.6. The zero-order chi connectivity index (χ0) is 43.2. The standard InChI is InChI=1S/C49H92NO8P/c1-3-5-7-9-11-13-15-17-19-20-21-22-23-24-25-26-28-29-31-33-35-37-39-41-48(51)55-45-47(46-57-59(53,54)56-44-43-50)58-49(52)42-40-38-36-34-32-30-27-18-16-14-12-10-8-6-4-2/h4,26,28,33,35,47H,2-3,5-25,27,29-32,34,36-46,50H2,1H3,(H,53,54)/b28-26+,35-33+/t47-/m0/s1. The third kappa shape index (κ3) is 45.6. The molecule has 1 unspecified atom stereocenters. The monoisotopic (exact) mass is 854 g/mol. The van der Waals surface area contributed by atoms with Crippen LogP contribution in [0.5, 0.6) is 0 Å². The van der Waals surface area contributed by atoms with Crippen molar-refractivity contribution in [1.29, 1.82) is 0 Å². The molecule has 0 heterocycles. The molecular weight excluding hydrogens is 762 g/mol. The van der Waals surface area contributed by atoms with E-state index in [1.54, 1.807) is 0 Å². The summed E-state index contributed by atoms with van der Waals surface area (Å²) in [5, 5.41) is 0. The summed E-state index contributed by atoms with van der Waals surface area (Å²) < 4.78 is 32.8. The highest BCUT2D eigenvalue weighted by Gasteiger charge is 2.26. The van der Waals surface area contributed by atoms with Gasteiger partial charge in [-0.3, -0.25) is 18.6 Å². The number of phosphoric ester groups is 1. The molecule has 0 aliphatic carbocycles. The molecule has 0 saturated heterocycles. The number of phosphoric acid groups is 1. The lowest BCUT2D eigenvalue weighted by atomic mass is 10.0. The van der Waals surface area contributed by atoms with Gasteiger partial charge in [0.2, 0.25) is 0 Å². The van der Waals surface area contributed by atoms with Crippen LogP contribution in [-0.4, -0.2) is 49.3 Å². The number of unbranched alkanes of at least 4 members (excludes halogenated alkanes) is 29. The SMILES string of the molecule is C=CCCCCCCCCCCCCCCCC(=O)O[C@@H](COC(=O)CCC/C=C/CC/C=C/CCCCCCCCCCCCCCCC)COP(=O)(O)OCCN. The summed E-state index contributed by atoms with van der Waals surface area (Å²) in [6.07, 6.45) is 50.9. The molecule has 0 amide bonds. The van der Waals surface area contributed by atoms with Crippen molar-refractivity contribution in [3.63, 3.8) is 0 Å². The van der Waals surface area contributed by atoms with Crippen molar-refractivity contribution >= 4 is 19.8 Å². The van der Waals surface area contributed by atoms with Gasteiger partial charge in [-0.15, -0.1) is 6.58 Å². The second-order valence-electron chi connectivity index (χ2n) is 16.4. The fourth-order valence-corrected chi connectivity index (χ4v) is 7.75. The van der Waals surface area contributed by atoms with Crippen LogP contribution in [0.25, 0.3) is 0 Å². The predicted octanol–water partition coefficient (Wildman–Crippen LogP) is 14.5. The third-order valence-corrected chi connectivity index (χ3v) is 11.6. The lowest BCUT2D eigenvalue weighted by molar-refractivity contribution is -0.161. The fraction of sp³-hybridized carbons (Fsp3) is 0.837. The molecule has 0 bridgehead atoms. The van der Waals surface area contributed by atoms with Crippen molar-refractivity contribution in [2.24, 2.45) is 5.73 Å². The number of allylic oxidation sites excluding steroid dienone is 5. The molecule has 0 aromatic rings. The van der Waals surface area contributed by atoms with E-state index in [1.165, 1.54) is 148 Å². The van der Waals surface area contributed by atoms with Crippen LogP contribution >= 0.6 is 7.82 Å². The molecule has 0 saturated carbocycles. The summed E-state index contributed by atoms with van der Waals surface area (Å²) in [6, 6.07) is 0. The van der Waals surface area contributed by atoms with E-state index in [9.17, 15) is 19.0 Å². The lowest BCUT2D eigenvalue weighted by Crippen LogP contribution is -2.29. The number of ether oxygens (including phenoxy) is 2.